The molecule has 0 saturated heterocycles. The van der Waals surface area contributed by atoms with Gasteiger partial charge in [-0.3, -0.25) is 4.79 Å². The van der Waals surface area contributed by atoms with Crippen LogP contribution in [0.4, 0.5) is 5.69 Å². The van der Waals surface area contributed by atoms with Crippen molar-refractivity contribution in [2.24, 2.45) is 0 Å². The van der Waals surface area contributed by atoms with E-state index in [1.807, 2.05) is 22.8 Å². The summed E-state index contributed by atoms with van der Waals surface area (Å²) in [6.07, 6.45) is 0.285. The van der Waals surface area contributed by atoms with Crippen molar-refractivity contribution in [2.75, 3.05) is 11.7 Å². The summed E-state index contributed by atoms with van der Waals surface area (Å²) in [6.45, 7) is 7.87. The number of methoxy groups -OCH3 is 1. The van der Waals surface area contributed by atoms with Gasteiger partial charge in [-0.25, -0.2) is 0 Å². The third-order valence-electron chi connectivity index (χ3n) is 2.79. The van der Waals surface area contributed by atoms with E-state index in [0.717, 1.165) is 11.3 Å². The second-order valence-electron chi connectivity index (χ2n) is 5.35. The Kier molecular flexibility index (Phi) is 4.73. The van der Waals surface area contributed by atoms with Crippen LogP contribution in [0.5, 0.6) is 5.75 Å². The lowest BCUT2D eigenvalue weighted by Crippen LogP contribution is -2.49. The Bertz CT molecular complexity index is 515. The zero-order chi connectivity index (χ0) is 14.6. The van der Waals surface area contributed by atoms with E-state index in [9.17, 15) is 4.79 Å². The smallest absolute Gasteiger partial charge is 0.215 e. The minimum atomic E-state index is -1.87. The van der Waals surface area contributed by atoms with Gasteiger partial charge in [-0.1, -0.05) is 25.7 Å². The van der Waals surface area contributed by atoms with Gasteiger partial charge in [0, 0.05) is 18.7 Å². The van der Waals surface area contributed by atoms with E-state index in [2.05, 4.69) is 25.7 Å². The molecule has 1 aromatic rings. The summed E-state index contributed by atoms with van der Waals surface area (Å²) in [5, 5.41) is 8.92. The SMILES string of the molecule is COc1ccc(CC#N)c(N(C(C)=O)[Si](C)(C)C)c1. The number of carbonyl (C=O) groups excluding carboxylic acids is 1. The summed E-state index contributed by atoms with van der Waals surface area (Å²) in [6, 6.07) is 7.66. The lowest BCUT2D eigenvalue weighted by molar-refractivity contribution is -0.115. The normalized spacial score (nSPS) is 10.7. The Morgan fingerprint density at radius 2 is 2.05 bits per heavy atom. The van der Waals surface area contributed by atoms with Crippen molar-refractivity contribution in [3.63, 3.8) is 0 Å². The number of nitriles is 1. The van der Waals surface area contributed by atoms with Gasteiger partial charge >= 0.3 is 0 Å². The van der Waals surface area contributed by atoms with Crippen LogP contribution in [0.15, 0.2) is 18.2 Å². The molecule has 1 rings (SSSR count). The van der Waals surface area contributed by atoms with E-state index >= 15 is 0 Å². The molecule has 0 aliphatic heterocycles. The zero-order valence-corrected chi connectivity index (χ0v) is 13.2. The van der Waals surface area contributed by atoms with Gasteiger partial charge in [0.25, 0.3) is 0 Å². The molecule has 0 unspecified atom stereocenters. The van der Waals surface area contributed by atoms with E-state index in [-0.39, 0.29) is 12.3 Å². The zero-order valence-electron chi connectivity index (χ0n) is 12.2. The van der Waals surface area contributed by atoms with E-state index in [1.54, 1.807) is 14.0 Å². The maximum Gasteiger partial charge on any atom is 0.215 e. The van der Waals surface area contributed by atoms with Gasteiger partial charge in [0.15, 0.2) is 8.24 Å². The molecule has 102 valence electrons. The van der Waals surface area contributed by atoms with E-state index < -0.39 is 8.24 Å². The maximum atomic E-state index is 12.0. The number of hydrogen-bond donors (Lipinski definition) is 0. The van der Waals surface area contributed by atoms with Gasteiger partial charge in [0.2, 0.25) is 5.91 Å². The third-order valence-corrected chi connectivity index (χ3v) is 4.69. The molecule has 0 spiro atoms. The predicted molar refractivity (Wildman–Crippen MR) is 78.8 cm³/mol. The second kappa shape index (κ2) is 5.89. The molecule has 0 bridgehead atoms. The van der Waals surface area contributed by atoms with Gasteiger partial charge in [0.05, 0.1) is 19.6 Å². The third kappa shape index (κ3) is 3.58. The Balaban J connectivity index is 3.42. The number of amides is 1. The average molecular weight is 276 g/mol. The summed E-state index contributed by atoms with van der Waals surface area (Å²) < 4.78 is 7.06. The van der Waals surface area contributed by atoms with Crippen LogP contribution in [0, 0.1) is 11.3 Å². The van der Waals surface area contributed by atoms with Crippen LogP contribution in [0.25, 0.3) is 0 Å². The summed E-state index contributed by atoms with van der Waals surface area (Å²) >= 11 is 0. The van der Waals surface area contributed by atoms with Crippen LogP contribution in [0.3, 0.4) is 0 Å². The number of carbonyl (C=O) groups is 1. The van der Waals surface area contributed by atoms with Gasteiger partial charge < -0.3 is 9.30 Å². The molecule has 1 aromatic carbocycles. The van der Waals surface area contributed by atoms with E-state index in [4.69, 9.17) is 10.00 Å². The molecule has 0 aromatic heterocycles. The van der Waals surface area contributed by atoms with Crippen LogP contribution in [-0.2, 0) is 11.2 Å². The van der Waals surface area contributed by atoms with Gasteiger partial charge in [0.1, 0.15) is 5.75 Å². The van der Waals surface area contributed by atoms with Crippen molar-refractivity contribution < 1.29 is 9.53 Å². The molecular weight excluding hydrogens is 256 g/mol. The van der Waals surface area contributed by atoms with Crippen molar-refractivity contribution in [3.8, 4) is 11.8 Å². The molecule has 4 nitrogen and oxygen atoms in total. The summed E-state index contributed by atoms with van der Waals surface area (Å²) in [7, 11) is -0.275. The molecule has 0 radical (unpaired) electrons. The standard InChI is InChI=1S/C14H20N2O2Si/c1-11(17)16(19(3,4)5)14-10-13(18-2)7-6-12(14)8-9-15/h6-7,10H,8H2,1-5H3. The highest BCUT2D eigenvalue weighted by Gasteiger charge is 2.29. The highest BCUT2D eigenvalue weighted by atomic mass is 28.3. The summed E-state index contributed by atoms with van der Waals surface area (Å²) in [5.41, 5.74) is 1.66. The molecule has 5 heteroatoms. The number of hydrogen-bond acceptors (Lipinski definition) is 3. The Labute approximate surface area is 115 Å². The fourth-order valence-corrected chi connectivity index (χ4v) is 3.99. The minimum absolute atomic E-state index is 0.00612. The van der Waals surface area contributed by atoms with Crippen molar-refractivity contribution in [2.45, 2.75) is 33.0 Å². The first-order valence-corrected chi connectivity index (χ1v) is 9.60. The van der Waals surface area contributed by atoms with Crippen molar-refractivity contribution in [1.82, 2.24) is 0 Å². The average Bonchev–Trinajstić information content (AvgIpc) is 2.29. The summed E-state index contributed by atoms with van der Waals surface area (Å²) in [4.78, 5) is 12.0. The van der Waals surface area contributed by atoms with Crippen molar-refractivity contribution in [1.29, 1.82) is 5.26 Å². The lowest BCUT2D eigenvalue weighted by atomic mass is 10.1. The molecule has 0 N–H and O–H groups in total. The van der Waals surface area contributed by atoms with E-state index in [0.29, 0.717) is 5.75 Å². The predicted octanol–water partition coefficient (Wildman–Crippen LogP) is 2.95. The highest BCUT2D eigenvalue weighted by molar-refractivity contribution is 6.83. The molecular formula is C14H20N2O2Si. The number of rotatable bonds is 4. The largest absolute Gasteiger partial charge is 0.497 e. The Hall–Kier alpha value is -1.80. The molecule has 1 amide bonds. The first-order chi connectivity index (χ1) is 8.81. The molecule has 0 atom stereocenters. The number of anilines is 1. The topological polar surface area (TPSA) is 53.3 Å². The number of benzene rings is 1. The molecule has 0 heterocycles. The van der Waals surface area contributed by atoms with Crippen LogP contribution < -0.4 is 9.30 Å². The Morgan fingerprint density at radius 1 is 1.42 bits per heavy atom. The van der Waals surface area contributed by atoms with Crippen LogP contribution in [0.2, 0.25) is 19.6 Å². The van der Waals surface area contributed by atoms with Crippen LogP contribution >= 0.6 is 0 Å². The second-order valence-corrected chi connectivity index (χ2v) is 10.1. The lowest BCUT2D eigenvalue weighted by Gasteiger charge is -2.35. The maximum absolute atomic E-state index is 12.0. The Morgan fingerprint density at radius 3 is 2.47 bits per heavy atom. The number of nitrogens with zero attached hydrogens (tertiary/aromatic N) is 2. The molecule has 0 aliphatic carbocycles. The highest BCUT2D eigenvalue weighted by Crippen LogP contribution is 2.30. The molecule has 0 fully saturated rings. The molecule has 0 aliphatic rings. The quantitative estimate of drug-likeness (QED) is 0.794. The van der Waals surface area contributed by atoms with Crippen LogP contribution in [-0.4, -0.2) is 21.3 Å². The molecule has 0 saturated carbocycles. The van der Waals surface area contributed by atoms with Gasteiger partial charge in [-0.2, -0.15) is 5.26 Å². The first kappa shape index (κ1) is 15.3. The van der Waals surface area contributed by atoms with Gasteiger partial charge in [-0.15, -0.1) is 0 Å². The van der Waals surface area contributed by atoms with Crippen molar-refractivity contribution in [3.05, 3.63) is 23.8 Å². The monoisotopic (exact) mass is 276 g/mol. The van der Waals surface area contributed by atoms with Crippen molar-refractivity contribution >= 4 is 19.8 Å². The van der Waals surface area contributed by atoms with Crippen LogP contribution in [0.1, 0.15) is 12.5 Å². The van der Waals surface area contributed by atoms with E-state index in [1.165, 1.54) is 0 Å². The number of ether oxygens (including phenoxy) is 1. The fourth-order valence-electron chi connectivity index (χ4n) is 2.12. The summed E-state index contributed by atoms with van der Waals surface area (Å²) in [5.74, 6) is 0.702. The minimum Gasteiger partial charge on any atom is -0.497 e. The molecule has 19 heavy (non-hydrogen) atoms. The fraction of sp³-hybridized carbons (Fsp3) is 0.429. The van der Waals surface area contributed by atoms with Gasteiger partial charge in [-0.05, 0) is 11.6 Å². The first-order valence-electron chi connectivity index (χ1n) is 6.16.